The third kappa shape index (κ3) is 3.47. The summed E-state index contributed by atoms with van der Waals surface area (Å²) in [5.41, 5.74) is 0. The first-order chi connectivity index (χ1) is 12.3. The van der Waals surface area contributed by atoms with Crippen molar-refractivity contribution in [2.24, 2.45) is 5.92 Å². The van der Waals surface area contributed by atoms with Gasteiger partial charge in [-0.2, -0.15) is 0 Å². The van der Waals surface area contributed by atoms with E-state index in [0.717, 1.165) is 69.3 Å². The average Bonchev–Trinajstić information content (AvgIpc) is 3.27. The zero-order chi connectivity index (χ0) is 17.1. The van der Waals surface area contributed by atoms with Crippen LogP contribution in [0.15, 0.2) is 18.5 Å². The summed E-state index contributed by atoms with van der Waals surface area (Å²) < 4.78 is 2.19. The molecule has 4 heterocycles. The Labute approximate surface area is 146 Å². The lowest BCUT2D eigenvalue weighted by Crippen LogP contribution is -2.41. The molecule has 0 atom stereocenters. The first-order valence-corrected chi connectivity index (χ1v) is 9.02. The van der Waals surface area contributed by atoms with Gasteiger partial charge in [0.2, 0.25) is 11.9 Å². The number of carbonyl (C=O) groups excluding carboxylic acids is 1. The van der Waals surface area contributed by atoms with E-state index in [2.05, 4.69) is 34.9 Å². The van der Waals surface area contributed by atoms with Crippen LogP contribution >= 0.6 is 0 Å². The van der Waals surface area contributed by atoms with Crippen LogP contribution in [0.5, 0.6) is 0 Å². The Kier molecular flexibility index (Phi) is 4.58. The van der Waals surface area contributed by atoms with Gasteiger partial charge in [0.1, 0.15) is 11.6 Å². The van der Waals surface area contributed by atoms with Crippen LogP contribution < -0.4 is 10.2 Å². The maximum Gasteiger partial charge on any atom is 0.225 e. The fraction of sp³-hybridized carbons (Fsp3) is 0.588. The molecule has 1 amide bonds. The number of aromatic nitrogens is 5. The Morgan fingerprint density at radius 3 is 2.76 bits per heavy atom. The van der Waals surface area contributed by atoms with Gasteiger partial charge in [-0.1, -0.05) is 0 Å². The lowest BCUT2D eigenvalue weighted by atomic mass is 9.96. The fourth-order valence-corrected chi connectivity index (χ4v) is 3.63. The molecule has 2 aliphatic rings. The SMILES string of the molecule is O=C(NCCc1nnc2n1CCC2)C1CCN(c2ncccn2)CC1. The second-order valence-electron chi connectivity index (χ2n) is 6.64. The van der Waals surface area contributed by atoms with Gasteiger partial charge in [-0.15, -0.1) is 10.2 Å². The zero-order valence-corrected chi connectivity index (χ0v) is 14.3. The summed E-state index contributed by atoms with van der Waals surface area (Å²) in [6.45, 7) is 3.27. The molecule has 1 saturated heterocycles. The van der Waals surface area contributed by atoms with Gasteiger partial charge in [0.15, 0.2) is 0 Å². The molecule has 1 fully saturated rings. The van der Waals surface area contributed by atoms with E-state index in [1.54, 1.807) is 12.4 Å². The number of nitrogens with one attached hydrogen (secondary N) is 1. The Balaban J connectivity index is 1.23. The van der Waals surface area contributed by atoms with E-state index < -0.39 is 0 Å². The summed E-state index contributed by atoms with van der Waals surface area (Å²) in [6.07, 6.45) is 8.09. The van der Waals surface area contributed by atoms with Gasteiger partial charge in [-0.25, -0.2) is 9.97 Å². The molecule has 8 nitrogen and oxygen atoms in total. The third-order valence-electron chi connectivity index (χ3n) is 5.03. The zero-order valence-electron chi connectivity index (χ0n) is 14.3. The summed E-state index contributed by atoms with van der Waals surface area (Å²) in [6, 6.07) is 1.81. The molecule has 0 radical (unpaired) electrons. The van der Waals surface area contributed by atoms with Crippen molar-refractivity contribution in [1.29, 1.82) is 0 Å². The largest absolute Gasteiger partial charge is 0.355 e. The molecule has 0 spiro atoms. The smallest absolute Gasteiger partial charge is 0.225 e. The number of hydrogen-bond acceptors (Lipinski definition) is 6. The van der Waals surface area contributed by atoms with E-state index in [9.17, 15) is 4.79 Å². The predicted octanol–water partition coefficient (Wildman–Crippen LogP) is 0.590. The van der Waals surface area contributed by atoms with Crippen molar-refractivity contribution in [2.45, 2.75) is 38.6 Å². The van der Waals surface area contributed by atoms with Crippen LogP contribution in [0.2, 0.25) is 0 Å². The first-order valence-electron chi connectivity index (χ1n) is 9.02. The highest BCUT2D eigenvalue weighted by atomic mass is 16.1. The molecule has 2 aromatic heterocycles. The van der Waals surface area contributed by atoms with Crippen molar-refractivity contribution in [2.75, 3.05) is 24.5 Å². The number of amides is 1. The van der Waals surface area contributed by atoms with Gasteiger partial charge in [0.05, 0.1) is 0 Å². The summed E-state index contributed by atoms with van der Waals surface area (Å²) in [5.74, 6) is 3.04. The number of hydrogen-bond donors (Lipinski definition) is 1. The molecule has 25 heavy (non-hydrogen) atoms. The minimum absolute atomic E-state index is 0.0732. The van der Waals surface area contributed by atoms with E-state index in [4.69, 9.17) is 0 Å². The molecule has 0 unspecified atom stereocenters. The number of aryl methyl sites for hydroxylation is 1. The van der Waals surface area contributed by atoms with E-state index in [0.29, 0.717) is 6.54 Å². The molecule has 0 saturated carbocycles. The van der Waals surface area contributed by atoms with Crippen LogP contribution in [0.1, 0.15) is 30.9 Å². The lowest BCUT2D eigenvalue weighted by molar-refractivity contribution is -0.125. The standard InChI is InChI=1S/C17H23N7O/c25-16(18-9-4-15-22-21-14-3-1-10-24(14)15)13-5-11-23(12-6-13)17-19-7-2-8-20-17/h2,7-8,13H,1,3-6,9-12H2,(H,18,25). The topological polar surface area (TPSA) is 88.8 Å². The van der Waals surface area contributed by atoms with Crippen molar-refractivity contribution in [3.8, 4) is 0 Å². The minimum Gasteiger partial charge on any atom is -0.355 e. The molecule has 0 bridgehead atoms. The van der Waals surface area contributed by atoms with Crippen molar-refractivity contribution in [3.05, 3.63) is 30.1 Å². The van der Waals surface area contributed by atoms with E-state index in [1.807, 2.05) is 6.07 Å². The van der Waals surface area contributed by atoms with Gasteiger partial charge in [0, 0.05) is 57.3 Å². The highest BCUT2D eigenvalue weighted by Gasteiger charge is 2.26. The van der Waals surface area contributed by atoms with Crippen molar-refractivity contribution in [1.82, 2.24) is 30.0 Å². The number of rotatable bonds is 5. The number of piperidine rings is 1. The number of anilines is 1. The van der Waals surface area contributed by atoms with Crippen LogP contribution in [-0.2, 0) is 24.2 Å². The molecular formula is C17H23N7O. The normalized spacial score (nSPS) is 17.5. The lowest BCUT2D eigenvalue weighted by Gasteiger charge is -2.31. The van der Waals surface area contributed by atoms with Crippen molar-refractivity contribution in [3.63, 3.8) is 0 Å². The van der Waals surface area contributed by atoms with Gasteiger partial charge in [-0.3, -0.25) is 4.79 Å². The molecule has 1 N–H and O–H groups in total. The summed E-state index contributed by atoms with van der Waals surface area (Å²) in [4.78, 5) is 23.1. The van der Waals surface area contributed by atoms with Crippen molar-refractivity contribution >= 4 is 11.9 Å². The molecule has 0 aromatic carbocycles. The van der Waals surface area contributed by atoms with E-state index >= 15 is 0 Å². The average molecular weight is 341 g/mol. The monoisotopic (exact) mass is 341 g/mol. The van der Waals surface area contributed by atoms with Gasteiger partial charge in [0.25, 0.3) is 0 Å². The Morgan fingerprint density at radius 2 is 1.96 bits per heavy atom. The van der Waals surface area contributed by atoms with Crippen LogP contribution in [-0.4, -0.2) is 50.3 Å². The highest BCUT2D eigenvalue weighted by molar-refractivity contribution is 5.78. The minimum atomic E-state index is 0.0732. The summed E-state index contributed by atoms with van der Waals surface area (Å²) in [5, 5.41) is 11.5. The molecule has 4 rings (SSSR count). The van der Waals surface area contributed by atoms with Crippen molar-refractivity contribution < 1.29 is 4.79 Å². The highest BCUT2D eigenvalue weighted by Crippen LogP contribution is 2.20. The maximum absolute atomic E-state index is 12.4. The first kappa shape index (κ1) is 16.0. The quantitative estimate of drug-likeness (QED) is 0.856. The molecule has 8 heteroatoms. The molecule has 2 aliphatic heterocycles. The summed E-state index contributed by atoms with van der Waals surface area (Å²) in [7, 11) is 0. The van der Waals surface area contributed by atoms with Gasteiger partial charge >= 0.3 is 0 Å². The fourth-order valence-electron chi connectivity index (χ4n) is 3.63. The third-order valence-corrected chi connectivity index (χ3v) is 5.03. The molecule has 2 aromatic rings. The predicted molar refractivity (Wildman–Crippen MR) is 92.0 cm³/mol. The van der Waals surface area contributed by atoms with Crippen LogP contribution in [0.4, 0.5) is 5.95 Å². The van der Waals surface area contributed by atoms with Crippen LogP contribution in [0.25, 0.3) is 0 Å². The number of carbonyl (C=O) groups is 1. The second-order valence-corrected chi connectivity index (χ2v) is 6.64. The maximum atomic E-state index is 12.4. The van der Waals surface area contributed by atoms with E-state index in [1.165, 1.54) is 0 Å². The van der Waals surface area contributed by atoms with Gasteiger partial charge in [-0.05, 0) is 25.3 Å². The Hall–Kier alpha value is -2.51. The summed E-state index contributed by atoms with van der Waals surface area (Å²) >= 11 is 0. The van der Waals surface area contributed by atoms with Crippen LogP contribution in [0, 0.1) is 5.92 Å². The Bertz CT molecular complexity index is 722. The number of nitrogens with zero attached hydrogens (tertiary/aromatic N) is 6. The molecule has 132 valence electrons. The van der Waals surface area contributed by atoms with Crippen LogP contribution in [0.3, 0.4) is 0 Å². The second kappa shape index (κ2) is 7.16. The van der Waals surface area contributed by atoms with Gasteiger partial charge < -0.3 is 14.8 Å². The number of fused-ring (bicyclic) bond motifs is 1. The molecule has 0 aliphatic carbocycles. The van der Waals surface area contributed by atoms with E-state index in [-0.39, 0.29) is 11.8 Å². The Morgan fingerprint density at radius 1 is 1.16 bits per heavy atom. The molecular weight excluding hydrogens is 318 g/mol.